The van der Waals surface area contributed by atoms with Crippen molar-refractivity contribution in [1.82, 2.24) is 0 Å². The molecule has 21 heavy (non-hydrogen) atoms. The van der Waals surface area contributed by atoms with Gasteiger partial charge in [-0.1, -0.05) is 42.5 Å². The summed E-state index contributed by atoms with van der Waals surface area (Å²) in [4.78, 5) is 0. The van der Waals surface area contributed by atoms with E-state index in [0.717, 1.165) is 30.8 Å². The molecule has 3 heteroatoms. The number of fused-ring (bicyclic) bond motifs is 1. The predicted molar refractivity (Wildman–Crippen MR) is 83.7 cm³/mol. The number of hydrogen-bond acceptors (Lipinski definition) is 3. The molecular formula is C18H21NO2. The Hall–Kier alpha value is -2.00. The number of ether oxygens (including phenoxy) is 2. The van der Waals surface area contributed by atoms with Gasteiger partial charge in [0.05, 0.1) is 0 Å². The summed E-state index contributed by atoms with van der Waals surface area (Å²) in [6.07, 6.45) is 2.99. The van der Waals surface area contributed by atoms with Crippen LogP contribution in [0.4, 0.5) is 0 Å². The van der Waals surface area contributed by atoms with Crippen LogP contribution in [0, 0.1) is 0 Å². The van der Waals surface area contributed by atoms with Crippen molar-refractivity contribution in [2.75, 3.05) is 6.61 Å². The Morgan fingerprint density at radius 1 is 1.00 bits per heavy atom. The predicted octanol–water partition coefficient (Wildman–Crippen LogP) is 3.18. The first kappa shape index (κ1) is 14.0. The van der Waals surface area contributed by atoms with Gasteiger partial charge in [0.15, 0.2) is 11.5 Å². The van der Waals surface area contributed by atoms with Gasteiger partial charge < -0.3 is 15.2 Å². The highest BCUT2D eigenvalue weighted by atomic mass is 16.6. The van der Waals surface area contributed by atoms with Crippen LogP contribution in [0.3, 0.4) is 0 Å². The fraction of sp³-hybridized carbons (Fsp3) is 0.333. The van der Waals surface area contributed by atoms with Gasteiger partial charge in [-0.3, -0.25) is 0 Å². The molecule has 0 bridgehead atoms. The number of aryl methyl sites for hydroxylation is 1. The molecule has 1 aliphatic rings. The van der Waals surface area contributed by atoms with Crippen molar-refractivity contribution >= 4 is 0 Å². The SMILES string of the molecule is NC(CCCc1ccccc1)C1COc2ccccc2O1. The highest BCUT2D eigenvalue weighted by molar-refractivity contribution is 5.40. The Kier molecular flexibility index (Phi) is 4.41. The number of rotatable bonds is 5. The Morgan fingerprint density at radius 2 is 1.71 bits per heavy atom. The minimum absolute atomic E-state index is 0.00192. The standard InChI is InChI=1S/C18H21NO2/c19-15(10-6-9-14-7-2-1-3-8-14)18-13-20-16-11-4-5-12-17(16)21-18/h1-5,7-8,11-12,15,18H,6,9-10,13,19H2. The molecule has 2 N–H and O–H groups in total. The summed E-state index contributed by atoms with van der Waals surface area (Å²) >= 11 is 0. The fourth-order valence-corrected chi connectivity index (χ4v) is 2.62. The van der Waals surface area contributed by atoms with E-state index >= 15 is 0 Å². The van der Waals surface area contributed by atoms with E-state index in [1.54, 1.807) is 0 Å². The first-order chi connectivity index (χ1) is 10.3. The maximum Gasteiger partial charge on any atom is 0.161 e. The number of benzene rings is 2. The molecule has 1 aliphatic heterocycles. The second-order valence-corrected chi connectivity index (χ2v) is 5.46. The van der Waals surface area contributed by atoms with Crippen molar-refractivity contribution in [2.45, 2.75) is 31.4 Å². The lowest BCUT2D eigenvalue weighted by Crippen LogP contribution is -2.44. The summed E-state index contributed by atoms with van der Waals surface area (Å²) in [7, 11) is 0. The highest BCUT2D eigenvalue weighted by Gasteiger charge is 2.25. The van der Waals surface area contributed by atoms with E-state index in [0.29, 0.717) is 6.61 Å². The van der Waals surface area contributed by atoms with Gasteiger partial charge >= 0.3 is 0 Å². The van der Waals surface area contributed by atoms with Crippen LogP contribution in [0.25, 0.3) is 0 Å². The third kappa shape index (κ3) is 3.56. The van der Waals surface area contributed by atoms with Gasteiger partial charge in [-0.05, 0) is 37.0 Å². The number of hydrogen-bond donors (Lipinski definition) is 1. The van der Waals surface area contributed by atoms with E-state index in [-0.39, 0.29) is 12.1 Å². The maximum absolute atomic E-state index is 6.26. The number of para-hydroxylation sites is 2. The molecule has 0 fully saturated rings. The topological polar surface area (TPSA) is 44.5 Å². The Bertz CT molecular complexity index is 570. The van der Waals surface area contributed by atoms with Gasteiger partial charge in [-0.2, -0.15) is 0 Å². The molecule has 2 atom stereocenters. The van der Waals surface area contributed by atoms with Gasteiger partial charge in [0.2, 0.25) is 0 Å². The Balaban J connectivity index is 1.49. The summed E-state index contributed by atoms with van der Waals surface area (Å²) in [5, 5.41) is 0. The second kappa shape index (κ2) is 6.64. The summed E-state index contributed by atoms with van der Waals surface area (Å²) in [5.74, 6) is 1.61. The summed E-state index contributed by atoms with van der Waals surface area (Å²) in [5.41, 5.74) is 7.62. The van der Waals surface area contributed by atoms with Gasteiger partial charge in [0.25, 0.3) is 0 Å². The van der Waals surface area contributed by atoms with Crippen molar-refractivity contribution in [3.8, 4) is 11.5 Å². The molecule has 3 rings (SSSR count). The van der Waals surface area contributed by atoms with E-state index in [2.05, 4.69) is 24.3 Å². The van der Waals surface area contributed by atoms with E-state index in [4.69, 9.17) is 15.2 Å². The molecule has 2 aromatic rings. The molecule has 0 spiro atoms. The quantitative estimate of drug-likeness (QED) is 0.916. The third-order valence-electron chi connectivity index (χ3n) is 3.85. The third-order valence-corrected chi connectivity index (χ3v) is 3.85. The average molecular weight is 283 g/mol. The van der Waals surface area contributed by atoms with E-state index in [1.165, 1.54) is 5.56 Å². The average Bonchev–Trinajstić information content (AvgIpc) is 2.55. The van der Waals surface area contributed by atoms with Gasteiger partial charge in [0, 0.05) is 6.04 Å². The maximum atomic E-state index is 6.26. The highest BCUT2D eigenvalue weighted by Crippen LogP contribution is 2.31. The minimum atomic E-state index is -0.0596. The zero-order valence-electron chi connectivity index (χ0n) is 12.1. The second-order valence-electron chi connectivity index (χ2n) is 5.46. The molecule has 0 aliphatic carbocycles. The molecule has 110 valence electrons. The molecule has 0 amide bonds. The van der Waals surface area contributed by atoms with Crippen molar-refractivity contribution in [3.63, 3.8) is 0 Å². The summed E-state index contributed by atoms with van der Waals surface area (Å²) < 4.78 is 11.7. The summed E-state index contributed by atoms with van der Waals surface area (Å²) in [6, 6.07) is 18.2. The van der Waals surface area contributed by atoms with Crippen LogP contribution in [0.2, 0.25) is 0 Å². The van der Waals surface area contributed by atoms with E-state index in [1.807, 2.05) is 30.3 Å². The van der Waals surface area contributed by atoms with Crippen molar-refractivity contribution < 1.29 is 9.47 Å². The zero-order chi connectivity index (χ0) is 14.5. The van der Waals surface area contributed by atoms with E-state index in [9.17, 15) is 0 Å². The van der Waals surface area contributed by atoms with Crippen molar-refractivity contribution in [3.05, 3.63) is 60.2 Å². The molecule has 0 aromatic heterocycles. The molecule has 0 saturated heterocycles. The fourth-order valence-electron chi connectivity index (χ4n) is 2.62. The minimum Gasteiger partial charge on any atom is -0.486 e. The molecule has 3 nitrogen and oxygen atoms in total. The molecule has 2 unspecified atom stereocenters. The first-order valence-electron chi connectivity index (χ1n) is 7.51. The van der Waals surface area contributed by atoms with Gasteiger partial charge in [-0.25, -0.2) is 0 Å². The largest absolute Gasteiger partial charge is 0.486 e. The molecule has 1 heterocycles. The molecule has 2 aromatic carbocycles. The lowest BCUT2D eigenvalue weighted by Gasteiger charge is -2.30. The van der Waals surface area contributed by atoms with Gasteiger partial charge in [0.1, 0.15) is 12.7 Å². The van der Waals surface area contributed by atoms with Crippen molar-refractivity contribution in [2.24, 2.45) is 5.73 Å². The lowest BCUT2D eigenvalue weighted by atomic mass is 10.0. The van der Waals surface area contributed by atoms with Crippen LogP contribution in [-0.4, -0.2) is 18.8 Å². The monoisotopic (exact) mass is 283 g/mol. The van der Waals surface area contributed by atoms with Gasteiger partial charge in [-0.15, -0.1) is 0 Å². The number of nitrogens with two attached hydrogens (primary N) is 1. The summed E-state index contributed by atoms with van der Waals surface area (Å²) in [6.45, 7) is 0.531. The Morgan fingerprint density at radius 3 is 2.52 bits per heavy atom. The smallest absolute Gasteiger partial charge is 0.161 e. The van der Waals surface area contributed by atoms with Crippen LogP contribution in [0.5, 0.6) is 11.5 Å². The van der Waals surface area contributed by atoms with Crippen LogP contribution >= 0.6 is 0 Å². The van der Waals surface area contributed by atoms with E-state index < -0.39 is 0 Å². The van der Waals surface area contributed by atoms with Crippen molar-refractivity contribution in [1.29, 1.82) is 0 Å². The first-order valence-corrected chi connectivity index (χ1v) is 7.51. The zero-order valence-corrected chi connectivity index (χ0v) is 12.1. The lowest BCUT2D eigenvalue weighted by molar-refractivity contribution is 0.0696. The van der Waals surface area contributed by atoms with Crippen LogP contribution in [0.1, 0.15) is 18.4 Å². The van der Waals surface area contributed by atoms with Crippen LogP contribution in [-0.2, 0) is 6.42 Å². The molecule has 0 saturated carbocycles. The Labute approximate surface area is 125 Å². The molecule has 0 radical (unpaired) electrons. The van der Waals surface area contributed by atoms with Crippen LogP contribution < -0.4 is 15.2 Å². The molecular weight excluding hydrogens is 262 g/mol. The normalized spacial score (nSPS) is 18.2. The van der Waals surface area contributed by atoms with Crippen LogP contribution in [0.15, 0.2) is 54.6 Å².